The second kappa shape index (κ2) is 9.76. The Labute approximate surface area is 206 Å². The highest BCUT2D eigenvalue weighted by Gasteiger charge is 2.33. The molecule has 9 nitrogen and oxygen atoms in total. The molecule has 0 bridgehead atoms. The molecule has 0 amide bonds. The topological polar surface area (TPSA) is 94.7 Å². The van der Waals surface area contributed by atoms with Crippen LogP contribution in [0.4, 0.5) is 23.5 Å². The molecule has 1 aliphatic rings. The van der Waals surface area contributed by atoms with E-state index in [2.05, 4.69) is 37.4 Å². The highest BCUT2D eigenvalue weighted by atomic mass is 32.1. The molecule has 188 valence electrons. The van der Waals surface area contributed by atoms with E-state index in [-0.39, 0.29) is 30.1 Å². The van der Waals surface area contributed by atoms with Gasteiger partial charge in [-0.3, -0.25) is 0 Å². The fraction of sp³-hybridized carbons (Fsp3) is 0.364. The standard InChI is InChI=1S/C22H20F4N8OS/c1-13-9-33(21-27-7-14(8-28-21)22(24,25)26)5-4-17(13)20-30-15(11-36-20)10-35-19-3-2-16(6-18(19)23)34-12-29-31-32-34/h2-3,6-8,11-13,17H,4-5,9-10H2,1H3. The first-order valence-electron chi connectivity index (χ1n) is 11.0. The van der Waals surface area contributed by atoms with Crippen LogP contribution in [0.2, 0.25) is 0 Å². The molecular weight excluding hydrogens is 500 g/mol. The van der Waals surface area contributed by atoms with Crippen LogP contribution in [0, 0.1) is 11.7 Å². The minimum absolute atomic E-state index is 0.0968. The van der Waals surface area contributed by atoms with Crippen molar-refractivity contribution < 1.29 is 22.3 Å². The van der Waals surface area contributed by atoms with Crippen molar-refractivity contribution in [2.24, 2.45) is 5.92 Å². The average molecular weight is 521 g/mol. The molecule has 14 heteroatoms. The van der Waals surface area contributed by atoms with Crippen LogP contribution in [0.3, 0.4) is 0 Å². The molecule has 0 saturated carbocycles. The Bertz CT molecular complexity index is 1310. The van der Waals surface area contributed by atoms with E-state index in [9.17, 15) is 17.6 Å². The first-order valence-corrected chi connectivity index (χ1v) is 11.9. The summed E-state index contributed by atoms with van der Waals surface area (Å²) in [6.45, 7) is 3.38. The van der Waals surface area contributed by atoms with Gasteiger partial charge in [0.1, 0.15) is 12.9 Å². The quantitative estimate of drug-likeness (QED) is 0.348. The van der Waals surface area contributed by atoms with Gasteiger partial charge in [0.25, 0.3) is 0 Å². The van der Waals surface area contributed by atoms with Gasteiger partial charge in [-0.1, -0.05) is 6.92 Å². The van der Waals surface area contributed by atoms with Crippen LogP contribution < -0.4 is 9.64 Å². The predicted octanol–water partition coefficient (Wildman–Crippen LogP) is 4.28. The number of piperidine rings is 1. The number of tetrazole rings is 1. The molecule has 2 atom stereocenters. The lowest BCUT2D eigenvalue weighted by Gasteiger charge is -2.36. The zero-order valence-electron chi connectivity index (χ0n) is 18.9. The average Bonchev–Trinajstić information content (AvgIpc) is 3.55. The van der Waals surface area contributed by atoms with Crippen molar-refractivity contribution in [1.82, 2.24) is 35.2 Å². The van der Waals surface area contributed by atoms with Crippen molar-refractivity contribution in [2.45, 2.75) is 32.0 Å². The zero-order valence-corrected chi connectivity index (χ0v) is 19.7. The maximum absolute atomic E-state index is 14.5. The number of alkyl halides is 3. The van der Waals surface area contributed by atoms with Crippen molar-refractivity contribution in [3.8, 4) is 11.4 Å². The van der Waals surface area contributed by atoms with E-state index >= 15 is 0 Å². The van der Waals surface area contributed by atoms with Crippen molar-refractivity contribution in [3.63, 3.8) is 0 Å². The Morgan fingerprint density at radius 3 is 2.67 bits per heavy atom. The molecule has 0 aliphatic carbocycles. The van der Waals surface area contributed by atoms with Crippen molar-refractivity contribution >= 4 is 17.3 Å². The molecule has 4 heterocycles. The number of hydrogen-bond donors (Lipinski definition) is 0. The van der Waals surface area contributed by atoms with Gasteiger partial charge >= 0.3 is 6.18 Å². The summed E-state index contributed by atoms with van der Waals surface area (Å²) >= 11 is 1.52. The Morgan fingerprint density at radius 2 is 2.00 bits per heavy atom. The number of anilines is 1. The van der Waals surface area contributed by atoms with Crippen LogP contribution in [-0.4, -0.2) is 48.2 Å². The number of halogens is 4. The number of hydrogen-bond acceptors (Lipinski definition) is 9. The maximum atomic E-state index is 14.5. The second-order valence-corrected chi connectivity index (χ2v) is 9.31. The molecule has 0 radical (unpaired) electrons. The van der Waals surface area contributed by atoms with Gasteiger partial charge in [-0.25, -0.2) is 24.0 Å². The van der Waals surface area contributed by atoms with Gasteiger partial charge in [-0.05, 0) is 34.9 Å². The second-order valence-electron chi connectivity index (χ2n) is 8.42. The third-order valence-electron chi connectivity index (χ3n) is 5.94. The van der Waals surface area contributed by atoms with Gasteiger partial charge in [0.2, 0.25) is 5.95 Å². The first kappa shape index (κ1) is 24.0. The van der Waals surface area contributed by atoms with E-state index in [4.69, 9.17) is 4.74 Å². The van der Waals surface area contributed by atoms with Gasteiger partial charge < -0.3 is 9.64 Å². The lowest BCUT2D eigenvalue weighted by Crippen LogP contribution is -2.39. The SMILES string of the molecule is CC1CN(c2ncc(C(F)(F)F)cn2)CCC1c1nc(COc2ccc(-n3cnnn3)cc2F)cs1. The van der Waals surface area contributed by atoms with E-state index in [0.717, 1.165) is 23.8 Å². The van der Waals surface area contributed by atoms with Gasteiger partial charge in [0.05, 0.1) is 22.0 Å². The largest absolute Gasteiger partial charge is 0.484 e. The molecule has 1 aromatic carbocycles. The van der Waals surface area contributed by atoms with E-state index in [1.165, 1.54) is 34.5 Å². The van der Waals surface area contributed by atoms with E-state index in [0.29, 0.717) is 24.5 Å². The highest BCUT2D eigenvalue weighted by Crippen LogP contribution is 2.36. The van der Waals surface area contributed by atoms with Gasteiger partial charge in [0, 0.05) is 42.8 Å². The van der Waals surface area contributed by atoms with E-state index < -0.39 is 17.6 Å². The minimum atomic E-state index is -4.46. The maximum Gasteiger partial charge on any atom is 0.419 e. The molecule has 0 N–H and O–H groups in total. The number of aromatic nitrogens is 7. The third kappa shape index (κ3) is 5.12. The van der Waals surface area contributed by atoms with Crippen LogP contribution in [0.15, 0.2) is 42.3 Å². The summed E-state index contributed by atoms with van der Waals surface area (Å²) < 4.78 is 59.7. The normalized spacial score (nSPS) is 18.4. The molecule has 5 rings (SSSR count). The van der Waals surface area contributed by atoms with Gasteiger partial charge in [0.15, 0.2) is 11.6 Å². The Morgan fingerprint density at radius 1 is 1.19 bits per heavy atom. The molecule has 1 fully saturated rings. The monoisotopic (exact) mass is 520 g/mol. The van der Waals surface area contributed by atoms with Crippen LogP contribution in [0.1, 0.15) is 35.5 Å². The molecular formula is C22H20F4N8OS. The highest BCUT2D eigenvalue weighted by molar-refractivity contribution is 7.09. The first-order chi connectivity index (χ1) is 17.3. The number of ether oxygens (including phenoxy) is 1. The van der Waals surface area contributed by atoms with Gasteiger partial charge in [-0.2, -0.15) is 13.2 Å². The lowest BCUT2D eigenvalue weighted by atomic mass is 9.87. The molecule has 1 saturated heterocycles. The summed E-state index contributed by atoms with van der Waals surface area (Å²) in [4.78, 5) is 14.4. The molecule has 2 unspecified atom stereocenters. The van der Waals surface area contributed by atoms with Crippen molar-refractivity contribution in [1.29, 1.82) is 0 Å². The summed E-state index contributed by atoms with van der Waals surface area (Å²) in [6.07, 6.45) is -0.709. The zero-order chi connectivity index (χ0) is 25.3. The van der Waals surface area contributed by atoms with Crippen molar-refractivity contribution in [2.75, 3.05) is 18.0 Å². The van der Waals surface area contributed by atoms with Crippen LogP contribution >= 0.6 is 11.3 Å². The molecule has 1 aliphatic heterocycles. The van der Waals surface area contributed by atoms with E-state index in [1.807, 2.05) is 10.3 Å². The molecule has 3 aromatic heterocycles. The minimum Gasteiger partial charge on any atom is -0.484 e. The summed E-state index contributed by atoms with van der Waals surface area (Å²) in [6, 6.07) is 4.45. The Kier molecular flexibility index (Phi) is 6.51. The number of rotatable bonds is 6. The summed E-state index contributed by atoms with van der Waals surface area (Å²) in [5.41, 5.74) is 0.303. The molecule has 4 aromatic rings. The Hall–Kier alpha value is -3.68. The molecule has 36 heavy (non-hydrogen) atoms. The summed E-state index contributed by atoms with van der Waals surface area (Å²) in [7, 11) is 0. The smallest absolute Gasteiger partial charge is 0.419 e. The van der Waals surface area contributed by atoms with Crippen LogP contribution in [0.25, 0.3) is 5.69 Å². The number of thiazole rings is 1. The van der Waals surface area contributed by atoms with E-state index in [1.54, 1.807) is 6.07 Å². The lowest BCUT2D eigenvalue weighted by molar-refractivity contribution is -0.138. The van der Waals surface area contributed by atoms with Crippen LogP contribution in [0.5, 0.6) is 5.75 Å². The number of nitrogens with zero attached hydrogens (tertiary/aromatic N) is 8. The molecule has 0 spiro atoms. The predicted molar refractivity (Wildman–Crippen MR) is 121 cm³/mol. The third-order valence-corrected chi connectivity index (χ3v) is 6.97. The van der Waals surface area contributed by atoms with Crippen molar-refractivity contribution in [3.05, 3.63) is 64.4 Å². The van der Waals surface area contributed by atoms with Gasteiger partial charge in [-0.15, -0.1) is 16.4 Å². The summed E-state index contributed by atoms with van der Waals surface area (Å²) in [5, 5.41) is 13.6. The fourth-order valence-electron chi connectivity index (χ4n) is 4.06. The summed E-state index contributed by atoms with van der Waals surface area (Å²) in [5.74, 6) is 0.210. The fourth-order valence-corrected chi connectivity index (χ4v) is 5.14. The van der Waals surface area contributed by atoms with Crippen LogP contribution in [-0.2, 0) is 12.8 Å². The Balaban J connectivity index is 1.18. The number of benzene rings is 1.